The van der Waals surface area contributed by atoms with Crippen LogP contribution in [0, 0.1) is 6.92 Å². The van der Waals surface area contributed by atoms with Crippen LogP contribution in [0.3, 0.4) is 0 Å². The molecule has 1 N–H and O–H groups in total. The lowest BCUT2D eigenvalue weighted by Gasteiger charge is -2.22. The molecule has 0 aromatic heterocycles. The van der Waals surface area contributed by atoms with Crippen molar-refractivity contribution in [2.24, 2.45) is 0 Å². The molecular formula is C18H22ClNO. The lowest BCUT2D eigenvalue weighted by atomic mass is 10.1. The SMILES string of the molecule is Cc1cccc(Oc2c(Cl)cccc2CNC(C)(C)C)c1. The zero-order valence-electron chi connectivity index (χ0n) is 13.0. The van der Waals surface area contributed by atoms with E-state index in [1.54, 1.807) is 0 Å². The Balaban J connectivity index is 2.25. The number of rotatable bonds is 4. The lowest BCUT2D eigenvalue weighted by Crippen LogP contribution is -2.35. The van der Waals surface area contributed by atoms with Crippen molar-refractivity contribution in [1.82, 2.24) is 5.32 Å². The van der Waals surface area contributed by atoms with Crippen molar-refractivity contribution in [3.8, 4) is 11.5 Å². The van der Waals surface area contributed by atoms with Crippen LogP contribution in [0.1, 0.15) is 31.9 Å². The van der Waals surface area contributed by atoms with Crippen molar-refractivity contribution in [2.75, 3.05) is 0 Å². The molecule has 0 spiro atoms. The fraction of sp³-hybridized carbons (Fsp3) is 0.333. The number of ether oxygens (including phenoxy) is 1. The van der Waals surface area contributed by atoms with Crippen molar-refractivity contribution in [1.29, 1.82) is 0 Å². The van der Waals surface area contributed by atoms with Crippen LogP contribution in [0.4, 0.5) is 0 Å². The fourth-order valence-corrected chi connectivity index (χ4v) is 2.20. The first kappa shape index (κ1) is 15.9. The van der Waals surface area contributed by atoms with Gasteiger partial charge in [-0.1, -0.05) is 35.9 Å². The Labute approximate surface area is 132 Å². The first-order valence-electron chi connectivity index (χ1n) is 7.12. The van der Waals surface area contributed by atoms with Crippen LogP contribution in [0.2, 0.25) is 5.02 Å². The smallest absolute Gasteiger partial charge is 0.150 e. The first-order chi connectivity index (χ1) is 9.85. The van der Waals surface area contributed by atoms with E-state index >= 15 is 0 Å². The average molecular weight is 304 g/mol. The predicted molar refractivity (Wildman–Crippen MR) is 89.3 cm³/mol. The molecule has 0 amide bonds. The molecule has 0 aliphatic heterocycles. The largest absolute Gasteiger partial charge is 0.455 e. The highest BCUT2D eigenvalue weighted by Gasteiger charge is 2.13. The molecular weight excluding hydrogens is 282 g/mol. The van der Waals surface area contributed by atoms with Gasteiger partial charge in [0.2, 0.25) is 0 Å². The van der Waals surface area contributed by atoms with Gasteiger partial charge in [0.05, 0.1) is 5.02 Å². The van der Waals surface area contributed by atoms with E-state index in [0.717, 1.165) is 22.6 Å². The zero-order valence-corrected chi connectivity index (χ0v) is 13.8. The summed E-state index contributed by atoms with van der Waals surface area (Å²) in [5.74, 6) is 1.53. The topological polar surface area (TPSA) is 21.3 Å². The molecule has 0 atom stereocenters. The highest BCUT2D eigenvalue weighted by Crippen LogP contribution is 2.33. The van der Waals surface area contributed by atoms with Crippen molar-refractivity contribution in [3.63, 3.8) is 0 Å². The van der Waals surface area contributed by atoms with E-state index in [-0.39, 0.29) is 5.54 Å². The second kappa shape index (κ2) is 6.50. The molecule has 0 radical (unpaired) electrons. The Kier molecular flexibility index (Phi) is 4.92. The highest BCUT2D eigenvalue weighted by atomic mass is 35.5. The second-order valence-corrected chi connectivity index (χ2v) is 6.66. The van der Waals surface area contributed by atoms with Gasteiger partial charge in [0.15, 0.2) is 0 Å². The summed E-state index contributed by atoms with van der Waals surface area (Å²) in [6.45, 7) is 9.17. The summed E-state index contributed by atoms with van der Waals surface area (Å²) in [5, 5.41) is 4.09. The number of para-hydroxylation sites is 1. The minimum Gasteiger partial charge on any atom is -0.455 e. The van der Waals surface area contributed by atoms with Gasteiger partial charge >= 0.3 is 0 Å². The Morgan fingerprint density at radius 2 is 1.81 bits per heavy atom. The van der Waals surface area contributed by atoms with Crippen molar-refractivity contribution in [2.45, 2.75) is 39.8 Å². The van der Waals surface area contributed by atoms with Gasteiger partial charge in [0.25, 0.3) is 0 Å². The van der Waals surface area contributed by atoms with E-state index in [2.05, 4.69) is 26.1 Å². The van der Waals surface area contributed by atoms with E-state index in [1.807, 2.05) is 49.4 Å². The quantitative estimate of drug-likeness (QED) is 0.824. The molecule has 0 saturated carbocycles. The summed E-state index contributed by atoms with van der Waals surface area (Å²) in [6.07, 6.45) is 0. The van der Waals surface area contributed by atoms with E-state index in [0.29, 0.717) is 11.6 Å². The van der Waals surface area contributed by atoms with E-state index in [9.17, 15) is 0 Å². The van der Waals surface area contributed by atoms with Gasteiger partial charge in [-0.25, -0.2) is 0 Å². The van der Waals surface area contributed by atoms with Crippen LogP contribution in [-0.2, 0) is 6.54 Å². The molecule has 0 fully saturated rings. The monoisotopic (exact) mass is 303 g/mol. The van der Waals surface area contributed by atoms with Gasteiger partial charge in [-0.2, -0.15) is 0 Å². The molecule has 2 nitrogen and oxygen atoms in total. The minimum absolute atomic E-state index is 0.0446. The van der Waals surface area contributed by atoms with Crippen molar-refractivity contribution in [3.05, 3.63) is 58.6 Å². The van der Waals surface area contributed by atoms with Gasteiger partial charge in [-0.15, -0.1) is 0 Å². The standard InChI is InChI=1S/C18H22ClNO/c1-13-7-5-9-15(11-13)21-17-14(8-6-10-16(17)19)12-20-18(2,3)4/h5-11,20H,12H2,1-4H3. The molecule has 0 heterocycles. The average Bonchev–Trinajstić information content (AvgIpc) is 2.39. The van der Waals surface area contributed by atoms with Crippen LogP contribution in [0.25, 0.3) is 0 Å². The van der Waals surface area contributed by atoms with Crippen molar-refractivity contribution >= 4 is 11.6 Å². The maximum atomic E-state index is 6.32. The summed E-state index contributed by atoms with van der Waals surface area (Å²) >= 11 is 6.32. The predicted octanol–water partition coefficient (Wildman–Crippen LogP) is 5.33. The van der Waals surface area contributed by atoms with Crippen LogP contribution in [-0.4, -0.2) is 5.54 Å². The maximum absolute atomic E-state index is 6.32. The molecule has 2 aromatic carbocycles. The fourth-order valence-electron chi connectivity index (χ4n) is 1.96. The van der Waals surface area contributed by atoms with Crippen LogP contribution < -0.4 is 10.1 Å². The second-order valence-electron chi connectivity index (χ2n) is 6.25. The van der Waals surface area contributed by atoms with Gasteiger partial charge in [0.1, 0.15) is 11.5 Å². The number of benzene rings is 2. The van der Waals surface area contributed by atoms with E-state index in [4.69, 9.17) is 16.3 Å². The summed E-state index contributed by atoms with van der Waals surface area (Å²) in [4.78, 5) is 0. The molecule has 0 aliphatic carbocycles. The number of hydrogen-bond donors (Lipinski definition) is 1. The van der Waals surface area contributed by atoms with Crippen LogP contribution >= 0.6 is 11.6 Å². The molecule has 2 aromatic rings. The third-order valence-electron chi connectivity index (χ3n) is 3.07. The molecule has 0 unspecified atom stereocenters. The summed E-state index contributed by atoms with van der Waals surface area (Å²) in [5.41, 5.74) is 2.26. The highest BCUT2D eigenvalue weighted by molar-refractivity contribution is 6.32. The third kappa shape index (κ3) is 4.76. The Hall–Kier alpha value is -1.51. The first-order valence-corrected chi connectivity index (χ1v) is 7.50. The van der Waals surface area contributed by atoms with E-state index < -0.39 is 0 Å². The molecule has 0 bridgehead atoms. The lowest BCUT2D eigenvalue weighted by molar-refractivity contribution is 0.414. The number of hydrogen-bond acceptors (Lipinski definition) is 2. The maximum Gasteiger partial charge on any atom is 0.150 e. The van der Waals surface area contributed by atoms with Gasteiger partial charge in [-0.3, -0.25) is 0 Å². The van der Waals surface area contributed by atoms with Gasteiger partial charge in [0, 0.05) is 17.6 Å². The summed E-state index contributed by atoms with van der Waals surface area (Å²) < 4.78 is 6.01. The van der Waals surface area contributed by atoms with Crippen LogP contribution in [0.15, 0.2) is 42.5 Å². The Morgan fingerprint density at radius 3 is 2.48 bits per heavy atom. The van der Waals surface area contributed by atoms with E-state index in [1.165, 1.54) is 0 Å². The number of aryl methyl sites for hydroxylation is 1. The van der Waals surface area contributed by atoms with Gasteiger partial charge in [-0.05, 0) is 51.5 Å². The number of nitrogens with one attached hydrogen (secondary N) is 1. The molecule has 21 heavy (non-hydrogen) atoms. The Morgan fingerprint density at radius 1 is 1.10 bits per heavy atom. The number of halogens is 1. The molecule has 112 valence electrons. The minimum atomic E-state index is 0.0446. The zero-order chi connectivity index (χ0) is 15.5. The van der Waals surface area contributed by atoms with Crippen molar-refractivity contribution < 1.29 is 4.74 Å². The molecule has 2 rings (SSSR count). The third-order valence-corrected chi connectivity index (χ3v) is 3.36. The molecule has 3 heteroatoms. The molecule has 0 aliphatic rings. The summed E-state index contributed by atoms with van der Waals surface area (Å²) in [6, 6.07) is 13.8. The normalized spacial score (nSPS) is 11.5. The summed E-state index contributed by atoms with van der Waals surface area (Å²) in [7, 11) is 0. The Bertz CT molecular complexity index is 617. The molecule has 0 saturated heterocycles. The van der Waals surface area contributed by atoms with Crippen LogP contribution in [0.5, 0.6) is 11.5 Å². The van der Waals surface area contributed by atoms with Gasteiger partial charge < -0.3 is 10.1 Å².